The first kappa shape index (κ1) is 24.5. The summed E-state index contributed by atoms with van der Waals surface area (Å²) in [6, 6.07) is 15.2. The summed E-state index contributed by atoms with van der Waals surface area (Å²) in [5.41, 5.74) is 0.203. The van der Waals surface area contributed by atoms with E-state index in [2.05, 4.69) is 5.10 Å². The molecule has 3 aromatic rings. The third-order valence-corrected chi connectivity index (χ3v) is 5.05. The molecule has 0 aliphatic heterocycles. The van der Waals surface area contributed by atoms with Crippen molar-refractivity contribution in [3.8, 4) is 11.8 Å². The lowest BCUT2D eigenvalue weighted by atomic mass is 10.1. The normalized spacial score (nSPS) is 10.7. The van der Waals surface area contributed by atoms with Crippen LogP contribution in [0.15, 0.2) is 53.3 Å². The van der Waals surface area contributed by atoms with Gasteiger partial charge in [0.25, 0.3) is 11.5 Å². The Morgan fingerprint density at radius 3 is 2.41 bits per heavy atom. The van der Waals surface area contributed by atoms with Crippen LogP contribution in [0.1, 0.15) is 43.7 Å². The third kappa shape index (κ3) is 5.41. The number of anilines is 1. The van der Waals surface area contributed by atoms with Crippen molar-refractivity contribution in [2.75, 3.05) is 24.7 Å². The molecule has 0 radical (unpaired) electrons. The van der Waals surface area contributed by atoms with Gasteiger partial charge in [0, 0.05) is 17.6 Å². The van der Waals surface area contributed by atoms with Crippen molar-refractivity contribution in [2.24, 2.45) is 0 Å². The summed E-state index contributed by atoms with van der Waals surface area (Å²) in [4.78, 5) is 39.9. The fourth-order valence-corrected chi connectivity index (χ4v) is 3.43. The lowest BCUT2D eigenvalue weighted by Gasteiger charge is -2.22. The van der Waals surface area contributed by atoms with Crippen LogP contribution in [-0.2, 0) is 9.53 Å². The predicted octanol–water partition coefficient (Wildman–Crippen LogP) is 3.48. The van der Waals surface area contributed by atoms with Crippen molar-refractivity contribution in [3.05, 3.63) is 64.6 Å². The molecule has 34 heavy (non-hydrogen) atoms. The highest BCUT2D eigenvalue weighted by Crippen LogP contribution is 2.21. The van der Waals surface area contributed by atoms with Gasteiger partial charge in [-0.25, -0.2) is 9.48 Å². The number of carbonyl (C=O) groups excluding carboxylic acids is 2. The maximum absolute atomic E-state index is 12.9. The van der Waals surface area contributed by atoms with Crippen LogP contribution in [0.3, 0.4) is 0 Å². The molecule has 0 atom stereocenters. The Morgan fingerprint density at radius 2 is 1.79 bits per heavy atom. The highest BCUT2D eigenvalue weighted by molar-refractivity contribution is 6.03. The van der Waals surface area contributed by atoms with Crippen molar-refractivity contribution < 1.29 is 19.1 Å². The van der Waals surface area contributed by atoms with Crippen LogP contribution >= 0.6 is 0 Å². The number of amides is 1. The molecule has 9 nitrogen and oxygen atoms in total. The SMILES string of the molecule is CCOc1ccc(N(CCC#N)C(=O)COC(=O)c2nn(C(C)C)c(=O)c3ccccc23)cc1. The lowest BCUT2D eigenvalue weighted by molar-refractivity contribution is -0.121. The van der Waals surface area contributed by atoms with Crippen molar-refractivity contribution in [3.63, 3.8) is 0 Å². The Morgan fingerprint density at radius 1 is 1.12 bits per heavy atom. The molecule has 0 unspecified atom stereocenters. The topological polar surface area (TPSA) is 115 Å². The largest absolute Gasteiger partial charge is 0.494 e. The summed E-state index contributed by atoms with van der Waals surface area (Å²) in [6.45, 7) is 5.54. The van der Waals surface area contributed by atoms with Gasteiger partial charge in [0.2, 0.25) is 0 Å². The first-order valence-electron chi connectivity index (χ1n) is 11.0. The van der Waals surface area contributed by atoms with Crippen molar-refractivity contribution >= 4 is 28.3 Å². The van der Waals surface area contributed by atoms with Crippen molar-refractivity contribution in [2.45, 2.75) is 33.2 Å². The molecule has 0 aliphatic rings. The van der Waals surface area contributed by atoms with E-state index in [-0.39, 0.29) is 30.3 Å². The Kier molecular flexibility index (Phi) is 7.98. The van der Waals surface area contributed by atoms with Crippen LogP contribution in [0.4, 0.5) is 5.69 Å². The van der Waals surface area contributed by atoms with E-state index in [1.807, 2.05) is 13.0 Å². The maximum atomic E-state index is 12.9. The molecule has 1 amide bonds. The smallest absolute Gasteiger partial charge is 0.359 e. The van der Waals surface area contributed by atoms with E-state index in [0.717, 1.165) is 0 Å². The fourth-order valence-electron chi connectivity index (χ4n) is 3.43. The molecule has 176 valence electrons. The van der Waals surface area contributed by atoms with Crippen LogP contribution in [0.5, 0.6) is 5.75 Å². The number of fused-ring (bicyclic) bond motifs is 1. The second kappa shape index (κ2) is 11.1. The Bertz CT molecular complexity index is 1280. The first-order valence-corrected chi connectivity index (χ1v) is 11.0. The molecule has 0 bridgehead atoms. The quantitative estimate of drug-likeness (QED) is 0.447. The summed E-state index contributed by atoms with van der Waals surface area (Å²) in [5.74, 6) is -0.649. The minimum atomic E-state index is -0.814. The molecule has 1 heterocycles. The number of ether oxygens (including phenoxy) is 2. The molecular weight excluding hydrogens is 436 g/mol. The van der Waals surface area contributed by atoms with Gasteiger partial charge in [-0.05, 0) is 51.1 Å². The van der Waals surface area contributed by atoms with Gasteiger partial charge >= 0.3 is 5.97 Å². The maximum Gasteiger partial charge on any atom is 0.359 e. The predicted molar refractivity (Wildman–Crippen MR) is 127 cm³/mol. The number of aromatic nitrogens is 2. The zero-order chi connectivity index (χ0) is 24.7. The van der Waals surface area contributed by atoms with Gasteiger partial charge in [0.05, 0.1) is 30.5 Å². The van der Waals surface area contributed by atoms with Gasteiger partial charge in [-0.3, -0.25) is 9.59 Å². The number of benzene rings is 2. The Hall–Kier alpha value is -4.19. The lowest BCUT2D eigenvalue weighted by Crippen LogP contribution is -2.36. The average Bonchev–Trinajstić information content (AvgIpc) is 2.84. The molecule has 2 aromatic carbocycles. The van der Waals surface area contributed by atoms with Gasteiger partial charge in [-0.15, -0.1) is 0 Å². The fraction of sp³-hybridized carbons (Fsp3) is 0.320. The van der Waals surface area contributed by atoms with Crippen molar-refractivity contribution in [1.82, 2.24) is 9.78 Å². The summed E-state index contributed by atoms with van der Waals surface area (Å²) in [5, 5.41) is 13.9. The molecule has 0 N–H and O–H groups in total. The van der Waals surface area contributed by atoms with Crippen LogP contribution in [0.2, 0.25) is 0 Å². The standard InChI is InChI=1S/C25H26N4O5/c1-4-33-19-12-10-18(11-13-19)28(15-7-14-26)22(30)16-34-25(32)23-20-8-5-6-9-21(20)24(31)29(27-23)17(2)3/h5-6,8-13,17H,4,7,15-16H2,1-3H3. The number of rotatable bonds is 9. The number of hydrogen-bond acceptors (Lipinski definition) is 7. The van der Waals surface area contributed by atoms with Crippen LogP contribution in [-0.4, -0.2) is 41.4 Å². The molecule has 0 saturated carbocycles. The van der Waals surface area contributed by atoms with Crippen LogP contribution in [0.25, 0.3) is 10.8 Å². The zero-order valence-corrected chi connectivity index (χ0v) is 19.4. The van der Waals surface area contributed by atoms with Crippen LogP contribution in [0, 0.1) is 11.3 Å². The number of nitrogens with zero attached hydrogens (tertiary/aromatic N) is 4. The van der Waals surface area contributed by atoms with Gasteiger partial charge < -0.3 is 14.4 Å². The minimum absolute atomic E-state index is 0.0404. The Balaban J connectivity index is 1.83. The molecule has 3 rings (SSSR count). The molecular formula is C25H26N4O5. The molecule has 0 aliphatic carbocycles. The average molecular weight is 463 g/mol. The zero-order valence-electron chi connectivity index (χ0n) is 19.4. The molecule has 0 spiro atoms. The van der Waals surface area contributed by atoms with Gasteiger partial charge in [-0.1, -0.05) is 18.2 Å². The van der Waals surface area contributed by atoms with Gasteiger partial charge in [0.15, 0.2) is 12.3 Å². The van der Waals surface area contributed by atoms with Gasteiger partial charge in [0.1, 0.15) is 5.75 Å². The second-order valence-corrected chi connectivity index (χ2v) is 7.69. The van der Waals surface area contributed by atoms with E-state index in [1.54, 1.807) is 62.4 Å². The molecule has 1 aromatic heterocycles. The van der Waals surface area contributed by atoms with E-state index in [1.165, 1.54) is 9.58 Å². The van der Waals surface area contributed by atoms with E-state index >= 15 is 0 Å². The monoisotopic (exact) mass is 462 g/mol. The van der Waals surface area contributed by atoms with E-state index < -0.39 is 18.5 Å². The summed E-state index contributed by atoms with van der Waals surface area (Å²) in [7, 11) is 0. The Labute approximate surface area is 197 Å². The first-order chi connectivity index (χ1) is 16.4. The van der Waals surface area contributed by atoms with Crippen molar-refractivity contribution in [1.29, 1.82) is 5.26 Å². The summed E-state index contributed by atoms with van der Waals surface area (Å²) in [6.07, 6.45) is 0.110. The number of hydrogen-bond donors (Lipinski definition) is 0. The highest BCUT2D eigenvalue weighted by atomic mass is 16.5. The highest BCUT2D eigenvalue weighted by Gasteiger charge is 2.22. The second-order valence-electron chi connectivity index (χ2n) is 7.69. The molecule has 9 heteroatoms. The number of nitriles is 1. The van der Waals surface area contributed by atoms with Gasteiger partial charge in [-0.2, -0.15) is 10.4 Å². The van der Waals surface area contributed by atoms with Crippen LogP contribution < -0.4 is 15.2 Å². The van der Waals surface area contributed by atoms with E-state index in [0.29, 0.717) is 28.8 Å². The van der Waals surface area contributed by atoms with E-state index in [4.69, 9.17) is 14.7 Å². The molecule has 0 saturated heterocycles. The van der Waals surface area contributed by atoms with E-state index in [9.17, 15) is 14.4 Å². The number of carbonyl (C=O) groups is 2. The minimum Gasteiger partial charge on any atom is -0.494 e. The molecule has 0 fully saturated rings. The number of esters is 1. The summed E-state index contributed by atoms with van der Waals surface area (Å²) >= 11 is 0. The summed E-state index contributed by atoms with van der Waals surface area (Å²) < 4.78 is 11.9. The third-order valence-electron chi connectivity index (χ3n) is 5.05.